The second-order valence-corrected chi connectivity index (χ2v) is 4.16. The average Bonchev–Trinajstić information content (AvgIpc) is 2.91. The van der Waals surface area contributed by atoms with Gasteiger partial charge in [-0.2, -0.15) is 0 Å². The minimum atomic E-state index is -1.20. The summed E-state index contributed by atoms with van der Waals surface area (Å²) in [6.45, 7) is 0.368. The zero-order chi connectivity index (χ0) is 15.4. The smallest absolute Gasteiger partial charge is 0.356 e. The van der Waals surface area contributed by atoms with Gasteiger partial charge in [-0.05, 0) is 12.1 Å². The Morgan fingerprint density at radius 2 is 2.10 bits per heavy atom. The molecule has 0 spiro atoms. The van der Waals surface area contributed by atoms with Gasteiger partial charge in [0, 0.05) is 19.3 Å². The molecule has 0 bridgehead atoms. The largest absolute Gasteiger partial charge is 0.476 e. The van der Waals surface area contributed by atoms with Crippen molar-refractivity contribution in [3.63, 3.8) is 0 Å². The van der Waals surface area contributed by atoms with Crippen LogP contribution in [0, 0.1) is 11.6 Å². The fourth-order valence-corrected chi connectivity index (χ4v) is 1.67. The van der Waals surface area contributed by atoms with E-state index in [1.165, 1.54) is 29.2 Å². The molecule has 0 aliphatic heterocycles. The van der Waals surface area contributed by atoms with Gasteiger partial charge in [0.1, 0.15) is 0 Å². The predicted molar refractivity (Wildman–Crippen MR) is 67.9 cm³/mol. The van der Waals surface area contributed by atoms with Crippen molar-refractivity contribution < 1.29 is 23.5 Å². The normalized spacial score (nSPS) is 10.4. The van der Waals surface area contributed by atoms with Gasteiger partial charge in [0.15, 0.2) is 17.3 Å². The average molecular weight is 295 g/mol. The molecule has 6 nitrogen and oxygen atoms in total. The van der Waals surface area contributed by atoms with Crippen LogP contribution in [0.1, 0.15) is 20.8 Å². The van der Waals surface area contributed by atoms with Crippen molar-refractivity contribution in [2.24, 2.45) is 0 Å². The molecular weight excluding hydrogens is 284 g/mol. The standard InChI is InChI=1S/C13H11F2N3O3/c14-9-3-1-2-8(11(9)15)12(19)16-4-5-18-6-10(13(20)21)17-7-18/h1-3,6-7H,4-5H2,(H,16,19)(H,20,21). The number of hydrogen-bond donors (Lipinski definition) is 2. The number of nitrogens with zero attached hydrogens (tertiary/aromatic N) is 2. The summed E-state index contributed by atoms with van der Waals surface area (Å²) < 4.78 is 27.8. The molecular formula is C13H11F2N3O3. The van der Waals surface area contributed by atoms with Crippen LogP contribution in [0.4, 0.5) is 8.78 Å². The number of imidazole rings is 1. The number of aromatic nitrogens is 2. The van der Waals surface area contributed by atoms with E-state index in [4.69, 9.17) is 5.11 Å². The first kappa shape index (κ1) is 14.6. The van der Waals surface area contributed by atoms with Gasteiger partial charge in [0.05, 0.1) is 11.9 Å². The van der Waals surface area contributed by atoms with Crippen LogP contribution < -0.4 is 5.32 Å². The van der Waals surface area contributed by atoms with Crippen LogP contribution in [0.25, 0.3) is 0 Å². The molecule has 2 aromatic rings. The van der Waals surface area contributed by atoms with Crippen molar-refractivity contribution in [3.05, 3.63) is 53.6 Å². The van der Waals surface area contributed by atoms with E-state index in [0.717, 1.165) is 6.07 Å². The molecule has 8 heteroatoms. The third kappa shape index (κ3) is 3.41. The van der Waals surface area contributed by atoms with E-state index in [1.54, 1.807) is 0 Å². The van der Waals surface area contributed by atoms with Crippen molar-refractivity contribution in [2.45, 2.75) is 6.54 Å². The van der Waals surface area contributed by atoms with Crippen molar-refractivity contribution >= 4 is 11.9 Å². The second kappa shape index (κ2) is 6.12. The highest BCUT2D eigenvalue weighted by Crippen LogP contribution is 2.10. The number of benzene rings is 1. The number of carboxylic acid groups (broad SMARTS) is 1. The molecule has 0 aliphatic carbocycles. The Balaban J connectivity index is 1.92. The van der Waals surface area contributed by atoms with E-state index < -0.39 is 23.5 Å². The minimum Gasteiger partial charge on any atom is -0.476 e. The van der Waals surface area contributed by atoms with E-state index in [0.29, 0.717) is 0 Å². The summed E-state index contributed by atoms with van der Waals surface area (Å²) in [7, 11) is 0. The zero-order valence-electron chi connectivity index (χ0n) is 10.7. The van der Waals surface area contributed by atoms with Gasteiger partial charge in [-0.15, -0.1) is 0 Å². The molecule has 21 heavy (non-hydrogen) atoms. The van der Waals surface area contributed by atoms with Crippen LogP contribution in [-0.2, 0) is 6.54 Å². The number of aromatic carboxylic acids is 1. The predicted octanol–water partition coefficient (Wildman–Crippen LogP) is 1.29. The number of rotatable bonds is 5. The lowest BCUT2D eigenvalue weighted by atomic mass is 10.2. The summed E-state index contributed by atoms with van der Waals surface area (Å²) in [5, 5.41) is 11.1. The van der Waals surface area contributed by atoms with Gasteiger partial charge >= 0.3 is 5.97 Å². The van der Waals surface area contributed by atoms with Gasteiger partial charge < -0.3 is 15.0 Å². The SMILES string of the molecule is O=C(O)c1cn(CCNC(=O)c2cccc(F)c2F)cn1. The van der Waals surface area contributed by atoms with Crippen molar-refractivity contribution in [1.29, 1.82) is 0 Å². The third-order valence-corrected chi connectivity index (χ3v) is 2.70. The van der Waals surface area contributed by atoms with Gasteiger partial charge in [-0.3, -0.25) is 4.79 Å². The Morgan fingerprint density at radius 3 is 2.76 bits per heavy atom. The maximum atomic E-state index is 13.4. The van der Waals surface area contributed by atoms with Gasteiger partial charge in [0.2, 0.25) is 0 Å². The van der Waals surface area contributed by atoms with E-state index in [9.17, 15) is 18.4 Å². The number of carboxylic acids is 1. The van der Waals surface area contributed by atoms with Crippen LogP contribution in [0.2, 0.25) is 0 Å². The summed E-state index contributed by atoms with van der Waals surface area (Å²) in [5.74, 6) is -4.20. The van der Waals surface area contributed by atoms with E-state index in [2.05, 4.69) is 10.3 Å². The van der Waals surface area contributed by atoms with Crippen LogP contribution in [0.15, 0.2) is 30.7 Å². The Bertz CT molecular complexity index is 685. The van der Waals surface area contributed by atoms with Gasteiger partial charge in [-0.1, -0.05) is 6.07 Å². The highest BCUT2D eigenvalue weighted by Gasteiger charge is 2.14. The molecule has 0 saturated carbocycles. The van der Waals surface area contributed by atoms with E-state index in [1.807, 2.05) is 0 Å². The van der Waals surface area contributed by atoms with E-state index >= 15 is 0 Å². The zero-order valence-corrected chi connectivity index (χ0v) is 10.7. The molecule has 2 N–H and O–H groups in total. The Hall–Kier alpha value is -2.77. The van der Waals surface area contributed by atoms with Crippen LogP contribution >= 0.6 is 0 Å². The first-order valence-electron chi connectivity index (χ1n) is 5.96. The molecule has 1 aromatic carbocycles. The molecule has 1 aromatic heterocycles. The maximum absolute atomic E-state index is 13.4. The Kier molecular flexibility index (Phi) is 4.27. The fourth-order valence-electron chi connectivity index (χ4n) is 1.67. The lowest BCUT2D eigenvalue weighted by Gasteiger charge is -2.06. The molecule has 0 saturated heterocycles. The highest BCUT2D eigenvalue weighted by atomic mass is 19.2. The molecule has 1 heterocycles. The van der Waals surface area contributed by atoms with Gasteiger partial charge in [0.25, 0.3) is 5.91 Å². The van der Waals surface area contributed by atoms with E-state index in [-0.39, 0.29) is 24.3 Å². The molecule has 2 rings (SSSR count). The third-order valence-electron chi connectivity index (χ3n) is 2.70. The second-order valence-electron chi connectivity index (χ2n) is 4.16. The molecule has 110 valence electrons. The van der Waals surface area contributed by atoms with Crippen molar-refractivity contribution in [2.75, 3.05) is 6.54 Å². The molecule has 0 aliphatic rings. The van der Waals surface area contributed by atoms with Crippen LogP contribution in [0.5, 0.6) is 0 Å². The molecule has 1 amide bonds. The highest BCUT2D eigenvalue weighted by molar-refractivity contribution is 5.94. The number of nitrogens with one attached hydrogen (secondary N) is 1. The first-order valence-corrected chi connectivity index (χ1v) is 5.96. The quantitative estimate of drug-likeness (QED) is 0.870. The lowest BCUT2D eigenvalue weighted by Crippen LogP contribution is -2.28. The number of carbonyl (C=O) groups excluding carboxylic acids is 1. The number of amides is 1. The van der Waals surface area contributed by atoms with Crippen LogP contribution in [-0.4, -0.2) is 33.1 Å². The Morgan fingerprint density at radius 1 is 1.33 bits per heavy atom. The van der Waals surface area contributed by atoms with Crippen molar-refractivity contribution in [1.82, 2.24) is 14.9 Å². The number of carbonyl (C=O) groups is 2. The number of hydrogen-bond acceptors (Lipinski definition) is 3. The molecule has 0 radical (unpaired) electrons. The minimum absolute atomic E-state index is 0.113. The molecule has 0 atom stereocenters. The van der Waals surface area contributed by atoms with Crippen molar-refractivity contribution in [3.8, 4) is 0 Å². The summed E-state index contributed by atoms with van der Waals surface area (Å²) in [5.41, 5.74) is -0.496. The topological polar surface area (TPSA) is 84.2 Å². The van der Waals surface area contributed by atoms with Crippen LogP contribution in [0.3, 0.4) is 0 Å². The Labute approximate surface area is 118 Å². The lowest BCUT2D eigenvalue weighted by molar-refractivity contribution is 0.0690. The summed E-state index contributed by atoms with van der Waals surface area (Å²) in [6.07, 6.45) is 2.61. The summed E-state index contributed by atoms with van der Waals surface area (Å²) in [6, 6.07) is 3.33. The fraction of sp³-hybridized carbons (Fsp3) is 0.154. The summed E-state index contributed by atoms with van der Waals surface area (Å²) >= 11 is 0. The monoisotopic (exact) mass is 295 g/mol. The summed E-state index contributed by atoms with van der Waals surface area (Å²) in [4.78, 5) is 26.0. The number of halogens is 2. The molecule has 0 fully saturated rings. The molecule has 0 unspecified atom stereocenters. The maximum Gasteiger partial charge on any atom is 0.356 e. The van der Waals surface area contributed by atoms with Gasteiger partial charge in [-0.25, -0.2) is 18.6 Å². The first-order chi connectivity index (χ1) is 9.99.